The van der Waals surface area contributed by atoms with E-state index in [0.717, 1.165) is 12.0 Å². The second-order valence-corrected chi connectivity index (χ2v) is 4.78. The average molecular weight is 270 g/mol. The van der Waals surface area contributed by atoms with Crippen LogP contribution >= 0.6 is 11.6 Å². The predicted octanol–water partition coefficient (Wildman–Crippen LogP) is 2.86. The van der Waals surface area contributed by atoms with Gasteiger partial charge in [-0.3, -0.25) is 4.90 Å². The van der Waals surface area contributed by atoms with Gasteiger partial charge in [-0.15, -0.1) is 0 Å². The van der Waals surface area contributed by atoms with Gasteiger partial charge in [0.1, 0.15) is 0 Å². The molecule has 3 N–H and O–H groups in total. The van der Waals surface area contributed by atoms with Gasteiger partial charge in [0.05, 0.1) is 6.04 Å². The highest BCUT2D eigenvalue weighted by molar-refractivity contribution is 6.30. The minimum Gasteiger partial charge on any atom is -0.409 e. The Bertz CT molecular complexity index is 422. The van der Waals surface area contributed by atoms with Gasteiger partial charge in [-0.05, 0) is 38.1 Å². The van der Waals surface area contributed by atoms with Gasteiger partial charge in [0.25, 0.3) is 0 Å². The lowest BCUT2D eigenvalue weighted by atomic mass is 10.0. The molecule has 0 spiro atoms. The Morgan fingerprint density at radius 1 is 1.56 bits per heavy atom. The topological polar surface area (TPSA) is 61.9 Å². The molecule has 0 fully saturated rings. The third-order valence-electron chi connectivity index (χ3n) is 3.28. The number of rotatable bonds is 5. The van der Waals surface area contributed by atoms with Gasteiger partial charge in [-0.1, -0.05) is 35.8 Å². The predicted molar refractivity (Wildman–Crippen MR) is 75.1 cm³/mol. The molecular weight excluding hydrogens is 250 g/mol. The molecule has 0 bridgehead atoms. The van der Waals surface area contributed by atoms with E-state index in [4.69, 9.17) is 22.5 Å². The van der Waals surface area contributed by atoms with Crippen molar-refractivity contribution in [1.29, 1.82) is 0 Å². The van der Waals surface area contributed by atoms with Crippen LogP contribution in [0.25, 0.3) is 0 Å². The van der Waals surface area contributed by atoms with Gasteiger partial charge in [-0.2, -0.15) is 0 Å². The molecule has 0 heterocycles. The minimum atomic E-state index is -0.0935. The van der Waals surface area contributed by atoms with Crippen LogP contribution in [0.2, 0.25) is 5.02 Å². The van der Waals surface area contributed by atoms with Crippen LogP contribution in [-0.4, -0.2) is 29.0 Å². The number of oxime groups is 1. The molecule has 0 aliphatic carbocycles. The lowest BCUT2D eigenvalue weighted by Crippen LogP contribution is -2.43. The standard InChI is InChI=1S/C13H20ClN3O/c1-4-12(13(15)16-18)17(3)9(2)10-6-5-7-11(14)8-10/h5-9,12,18H,4H2,1-3H3,(H2,15,16). The summed E-state index contributed by atoms with van der Waals surface area (Å²) in [6, 6.07) is 7.76. The molecule has 18 heavy (non-hydrogen) atoms. The quantitative estimate of drug-likeness (QED) is 0.374. The first-order valence-electron chi connectivity index (χ1n) is 5.96. The average Bonchev–Trinajstić information content (AvgIpc) is 2.38. The van der Waals surface area contributed by atoms with E-state index in [1.165, 1.54) is 0 Å². The molecule has 0 aliphatic heterocycles. The molecule has 2 atom stereocenters. The zero-order chi connectivity index (χ0) is 13.7. The van der Waals surface area contributed by atoms with Gasteiger partial charge >= 0.3 is 0 Å². The fraction of sp³-hybridized carbons (Fsp3) is 0.462. The minimum absolute atomic E-state index is 0.0935. The number of amidine groups is 1. The first-order valence-corrected chi connectivity index (χ1v) is 6.33. The van der Waals surface area contributed by atoms with Crippen LogP contribution in [0.15, 0.2) is 29.4 Å². The Morgan fingerprint density at radius 2 is 2.22 bits per heavy atom. The zero-order valence-electron chi connectivity index (χ0n) is 11.0. The molecule has 0 aliphatic rings. The number of likely N-dealkylation sites (N-methyl/N-ethyl adjacent to an activating group) is 1. The van der Waals surface area contributed by atoms with Crippen LogP contribution in [0.3, 0.4) is 0 Å². The van der Waals surface area contributed by atoms with Crippen molar-refractivity contribution in [3.05, 3.63) is 34.9 Å². The third-order valence-corrected chi connectivity index (χ3v) is 3.51. The fourth-order valence-electron chi connectivity index (χ4n) is 2.04. The largest absolute Gasteiger partial charge is 0.409 e. The number of hydrogen-bond donors (Lipinski definition) is 2. The van der Waals surface area contributed by atoms with Crippen LogP contribution in [0.5, 0.6) is 0 Å². The smallest absolute Gasteiger partial charge is 0.156 e. The molecule has 0 saturated carbocycles. The highest BCUT2D eigenvalue weighted by Crippen LogP contribution is 2.24. The molecule has 2 unspecified atom stereocenters. The van der Waals surface area contributed by atoms with Crippen LogP contribution in [0.4, 0.5) is 0 Å². The van der Waals surface area contributed by atoms with Crippen molar-refractivity contribution in [3.8, 4) is 0 Å². The molecule has 0 saturated heterocycles. The van der Waals surface area contributed by atoms with E-state index in [1.807, 2.05) is 38.2 Å². The fourth-order valence-corrected chi connectivity index (χ4v) is 2.24. The molecule has 0 radical (unpaired) electrons. The van der Waals surface area contributed by atoms with Crippen LogP contribution in [-0.2, 0) is 0 Å². The summed E-state index contributed by atoms with van der Waals surface area (Å²) in [6.07, 6.45) is 0.775. The molecule has 1 aromatic rings. The Hall–Kier alpha value is -1.26. The summed E-state index contributed by atoms with van der Waals surface area (Å²) < 4.78 is 0. The zero-order valence-corrected chi connectivity index (χ0v) is 11.7. The van der Waals surface area contributed by atoms with Gasteiger partial charge in [0, 0.05) is 11.1 Å². The molecule has 5 heteroatoms. The van der Waals surface area contributed by atoms with Crippen molar-refractivity contribution in [2.24, 2.45) is 10.9 Å². The molecule has 4 nitrogen and oxygen atoms in total. The van der Waals surface area contributed by atoms with Crippen molar-refractivity contribution >= 4 is 17.4 Å². The van der Waals surface area contributed by atoms with Crippen LogP contribution < -0.4 is 5.73 Å². The van der Waals surface area contributed by atoms with Crippen LogP contribution in [0.1, 0.15) is 31.9 Å². The highest BCUT2D eigenvalue weighted by Gasteiger charge is 2.23. The second-order valence-electron chi connectivity index (χ2n) is 4.35. The molecule has 100 valence electrons. The maximum atomic E-state index is 8.80. The summed E-state index contributed by atoms with van der Waals surface area (Å²) >= 11 is 5.99. The van der Waals surface area contributed by atoms with Crippen molar-refractivity contribution < 1.29 is 5.21 Å². The molecule has 0 amide bonds. The van der Waals surface area contributed by atoms with E-state index >= 15 is 0 Å². The molecule has 1 rings (SSSR count). The maximum Gasteiger partial charge on any atom is 0.156 e. The Kier molecular flexibility index (Phi) is 5.44. The third kappa shape index (κ3) is 3.37. The van der Waals surface area contributed by atoms with Gasteiger partial charge in [-0.25, -0.2) is 0 Å². The summed E-state index contributed by atoms with van der Waals surface area (Å²) in [5.74, 6) is 0.230. The van der Waals surface area contributed by atoms with Crippen molar-refractivity contribution in [3.63, 3.8) is 0 Å². The van der Waals surface area contributed by atoms with Gasteiger partial charge in [0.2, 0.25) is 0 Å². The number of halogens is 1. The van der Waals surface area contributed by atoms with E-state index in [0.29, 0.717) is 5.02 Å². The van der Waals surface area contributed by atoms with E-state index in [9.17, 15) is 0 Å². The van der Waals surface area contributed by atoms with Gasteiger partial charge < -0.3 is 10.9 Å². The van der Waals surface area contributed by atoms with E-state index in [1.54, 1.807) is 0 Å². The number of hydrogen-bond acceptors (Lipinski definition) is 3. The number of benzene rings is 1. The SMILES string of the molecule is CCC(C(N)=NO)N(C)C(C)c1cccc(Cl)c1. The lowest BCUT2D eigenvalue weighted by molar-refractivity contribution is 0.217. The molecule has 0 aromatic heterocycles. The molecular formula is C13H20ClN3O. The summed E-state index contributed by atoms with van der Waals surface area (Å²) in [6.45, 7) is 4.07. The van der Waals surface area contributed by atoms with Crippen molar-refractivity contribution in [2.45, 2.75) is 32.4 Å². The number of nitrogens with two attached hydrogens (primary N) is 1. The summed E-state index contributed by atoms with van der Waals surface area (Å²) in [5.41, 5.74) is 6.81. The van der Waals surface area contributed by atoms with Crippen molar-refractivity contribution in [1.82, 2.24) is 4.90 Å². The summed E-state index contributed by atoms with van der Waals surface area (Å²) in [7, 11) is 1.96. The van der Waals surface area contributed by atoms with E-state index in [2.05, 4.69) is 17.0 Å². The highest BCUT2D eigenvalue weighted by atomic mass is 35.5. The Morgan fingerprint density at radius 3 is 2.72 bits per heavy atom. The van der Waals surface area contributed by atoms with Crippen LogP contribution in [0, 0.1) is 0 Å². The Balaban J connectivity index is 2.92. The maximum absolute atomic E-state index is 8.80. The first-order chi connectivity index (χ1) is 8.51. The second kappa shape index (κ2) is 6.61. The van der Waals surface area contributed by atoms with Gasteiger partial charge in [0.15, 0.2) is 5.84 Å². The van der Waals surface area contributed by atoms with Crippen molar-refractivity contribution in [2.75, 3.05) is 7.05 Å². The Labute approximate surface area is 113 Å². The first kappa shape index (κ1) is 14.8. The lowest BCUT2D eigenvalue weighted by Gasteiger charge is -2.32. The number of nitrogens with zero attached hydrogens (tertiary/aromatic N) is 2. The summed E-state index contributed by atoms with van der Waals surface area (Å²) in [5, 5.41) is 12.6. The normalized spacial score (nSPS) is 15.7. The molecule has 1 aromatic carbocycles. The summed E-state index contributed by atoms with van der Waals surface area (Å²) in [4.78, 5) is 2.07. The van der Waals surface area contributed by atoms with E-state index < -0.39 is 0 Å². The van der Waals surface area contributed by atoms with E-state index in [-0.39, 0.29) is 17.9 Å². The monoisotopic (exact) mass is 269 g/mol.